The first-order valence-electron chi connectivity index (χ1n) is 9.97. The molecule has 0 bridgehead atoms. The van der Waals surface area contributed by atoms with Crippen LogP contribution in [0.1, 0.15) is 46.0 Å². The normalized spacial score (nSPS) is 16.4. The zero-order chi connectivity index (χ0) is 21.4. The van der Waals surface area contributed by atoms with E-state index in [4.69, 9.17) is 4.74 Å². The second-order valence-corrected chi connectivity index (χ2v) is 8.75. The van der Waals surface area contributed by atoms with Crippen LogP contribution >= 0.6 is 15.9 Å². The van der Waals surface area contributed by atoms with Crippen molar-refractivity contribution in [3.63, 3.8) is 0 Å². The topological polar surface area (TPSA) is 66.9 Å². The van der Waals surface area contributed by atoms with Crippen molar-refractivity contribution in [1.82, 2.24) is 9.80 Å². The fourth-order valence-corrected chi connectivity index (χ4v) is 4.21. The summed E-state index contributed by atoms with van der Waals surface area (Å²) in [6.45, 7) is 2.21. The van der Waals surface area contributed by atoms with Gasteiger partial charge in [0.2, 0.25) is 5.91 Å². The lowest BCUT2D eigenvalue weighted by Crippen LogP contribution is -2.46. The van der Waals surface area contributed by atoms with Crippen LogP contribution in [0.5, 0.6) is 5.75 Å². The Morgan fingerprint density at radius 2 is 1.80 bits per heavy atom. The van der Waals surface area contributed by atoms with E-state index in [1.807, 2.05) is 31.2 Å². The van der Waals surface area contributed by atoms with Gasteiger partial charge < -0.3 is 9.64 Å². The van der Waals surface area contributed by atoms with Crippen LogP contribution in [-0.4, -0.2) is 47.2 Å². The summed E-state index contributed by atoms with van der Waals surface area (Å²) in [6, 6.07) is 12.6. The smallest absolute Gasteiger partial charge is 0.262 e. The van der Waals surface area contributed by atoms with E-state index in [2.05, 4.69) is 15.9 Å². The molecule has 0 N–H and O–H groups in total. The van der Waals surface area contributed by atoms with Crippen molar-refractivity contribution in [2.24, 2.45) is 5.92 Å². The fourth-order valence-electron chi connectivity index (χ4n) is 3.85. The summed E-state index contributed by atoms with van der Waals surface area (Å²) in [5, 5.41) is 0. The summed E-state index contributed by atoms with van der Waals surface area (Å²) < 4.78 is 5.92. The Labute approximate surface area is 183 Å². The van der Waals surface area contributed by atoms with Gasteiger partial charge in [-0.3, -0.25) is 19.3 Å². The quantitative estimate of drug-likeness (QED) is 0.575. The second-order valence-electron chi connectivity index (χ2n) is 7.83. The minimum Gasteiger partial charge on any atom is -0.497 e. The molecule has 0 aromatic heterocycles. The molecule has 7 heteroatoms. The standard InChI is InChI=1S/C23H23BrN2O4/c1-14(16-5-6-16)25(12-15-3-8-18(30-2)9-4-15)21(27)13-26-22(28)19-10-7-17(24)11-20(19)23(26)29/h3-4,7-11,14,16H,5-6,12-13H2,1-2H3. The number of imide groups is 1. The highest BCUT2D eigenvalue weighted by Gasteiger charge is 2.40. The highest BCUT2D eigenvalue weighted by molar-refractivity contribution is 9.10. The first-order chi connectivity index (χ1) is 14.4. The summed E-state index contributed by atoms with van der Waals surface area (Å²) in [6.07, 6.45) is 2.18. The fraction of sp³-hybridized carbons (Fsp3) is 0.348. The summed E-state index contributed by atoms with van der Waals surface area (Å²) in [5.41, 5.74) is 1.65. The number of ether oxygens (including phenoxy) is 1. The number of benzene rings is 2. The number of fused-ring (bicyclic) bond motifs is 1. The van der Waals surface area contributed by atoms with Crippen LogP contribution < -0.4 is 4.74 Å². The maximum Gasteiger partial charge on any atom is 0.262 e. The number of amides is 3. The van der Waals surface area contributed by atoms with Gasteiger partial charge in [0.25, 0.3) is 11.8 Å². The predicted octanol–water partition coefficient (Wildman–Crippen LogP) is 3.88. The van der Waals surface area contributed by atoms with E-state index in [-0.39, 0.29) is 18.5 Å². The van der Waals surface area contributed by atoms with Gasteiger partial charge in [0.1, 0.15) is 12.3 Å². The lowest BCUT2D eigenvalue weighted by Gasteiger charge is -2.31. The van der Waals surface area contributed by atoms with Gasteiger partial charge in [-0.2, -0.15) is 0 Å². The number of hydrogen-bond donors (Lipinski definition) is 0. The minimum absolute atomic E-state index is 0.0453. The molecule has 4 rings (SSSR count). The average molecular weight is 471 g/mol. The molecule has 6 nitrogen and oxygen atoms in total. The van der Waals surface area contributed by atoms with Crippen molar-refractivity contribution in [2.45, 2.75) is 32.4 Å². The van der Waals surface area contributed by atoms with Gasteiger partial charge in [-0.15, -0.1) is 0 Å². The predicted molar refractivity (Wildman–Crippen MR) is 115 cm³/mol. The third-order valence-electron chi connectivity index (χ3n) is 5.85. The van der Waals surface area contributed by atoms with Crippen LogP contribution in [-0.2, 0) is 11.3 Å². The van der Waals surface area contributed by atoms with Crippen molar-refractivity contribution in [1.29, 1.82) is 0 Å². The molecule has 156 valence electrons. The Kier molecular flexibility index (Phi) is 5.64. The van der Waals surface area contributed by atoms with Gasteiger partial charge in [0, 0.05) is 17.1 Å². The first-order valence-corrected chi connectivity index (χ1v) is 10.8. The van der Waals surface area contributed by atoms with E-state index in [1.165, 1.54) is 0 Å². The summed E-state index contributed by atoms with van der Waals surface area (Å²) in [7, 11) is 1.61. The molecule has 1 atom stereocenters. The SMILES string of the molecule is COc1ccc(CN(C(=O)CN2C(=O)c3ccc(Br)cc3C2=O)C(C)C2CC2)cc1. The molecule has 0 saturated heterocycles. The molecule has 1 unspecified atom stereocenters. The summed E-state index contributed by atoms with van der Waals surface area (Å²) in [4.78, 5) is 41.6. The van der Waals surface area contributed by atoms with Crippen molar-refractivity contribution >= 4 is 33.7 Å². The molecule has 1 heterocycles. The van der Waals surface area contributed by atoms with Gasteiger partial charge in [-0.25, -0.2) is 0 Å². The molecule has 2 aliphatic rings. The zero-order valence-electron chi connectivity index (χ0n) is 16.9. The first kappa shape index (κ1) is 20.6. The number of rotatable bonds is 7. The molecule has 1 aliphatic carbocycles. The molecule has 1 aliphatic heterocycles. The molecule has 3 amide bonds. The van der Waals surface area contributed by atoms with E-state index < -0.39 is 11.8 Å². The van der Waals surface area contributed by atoms with Crippen LogP contribution in [0.2, 0.25) is 0 Å². The Hall–Kier alpha value is -2.67. The number of halogens is 1. The minimum atomic E-state index is -0.423. The van der Waals surface area contributed by atoms with Gasteiger partial charge in [0.05, 0.1) is 18.2 Å². The Morgan fingerprint density at radius 1 is 1.13 bits per heavy atom. The summed E-state index contributed by atoms with van der Waals surface area (Å²) >= 11 is 3.33. The molecular weight excluding hydrogens is 448 g/mol. The third-order valence-corrected chi connectivity index (χ3v) is 6.35. The Bertz CT molecular complexity index is 1000. The van der Waals surface area contributed by atoms with Crippen LogP contribution in [0.25, 0.3) is 0 Å². The molecule has 0 radical (unpaired) electrons. The largest absolute Gasteiger partial charge is 0.497 e. The van der Waals surface area contributed by atoms with E-state index >= 15 is 0 Å². The van der Waals surface area contributed by atoms with Gasteiger partial charge in [-0.05, 0) is 61.6 Å². The maximum absolute atomic E-state index is 13.3. The van der Waals surface area contributed by atoms with Crippen molar-refractivity contribution in [3.8, 4) is 5.75 Å². The number of nitrogens with zero attached hydrogens (tertiary/aromatic N) is 2. The number of methoxy groups -OCH3 is 1. The molecule has 30 heavy (non-hydrogen) atoms. The lowest BCUT2D eigenvalue weighted by atomic mass is 10.1. The summed E-state index contributed by atoms with van der Waals surface area (Å²) in [5.74, 6) is 0.153. The highest BCUT2D eigenvalue weighted by Crippen LogP contribution is 2.36. The van der Waals surface area contributed by atoms with Crippen LogP contribution in [0, 0.1) is 5.92 Å². The molecule has 2 aromatic carbocycles. The Morgan fingerprint density at radius 3 is 2.43 bits per heavy atom. The van der Waals surface area contributed by atoms with Crippen molar-refractivity contribution < 1.29 is 19.1 Å². The highest BCUT2D eigenvalue weighted by atomic mass is 79.9. The number of carbonyl (C=O) groups excluding carboxylic acids is 3. The molecule has 1 fully saturated rings. The van der Waals surface area contributed by atoms with Crippen LogP contribution in [0.15, 0.2) is 46.9 Å². The zero-order valence-corrected chi connectivity index (χ0v) is 18.5. The molecule has 1 saturated carbocycles. The maximum atomic E-state index is 13.3. The molecule has 0 spiro atoms. The van der Waals surface area contributed by atoms with E-state index in [1.54, 1.807) is 30.2 Å². The molecular formula is C23H23BrN2O4. The Balaban J connectivity index is 1.53. The van der Waals surface area contributed by atoms with E-state index in [0.717, 1.165) is 33.5 Å². The lowest BCUT2D eigenvalue weighted by molar-refractivity contribution is -0.134. The van der Waals surface area contributed by atoms with Crippen LogP contribution in [0.4, 0.5) is 0 Å². The average Bonchev–Trinajstić information content (AvgIpc) is 3.57. The second kappa shape index (κ2) is 8.22. The monoisotopic (exact) mass is 470 g/mol. The third kappa shape index (κ3) is 3.99. The van der Waals surface area contributed by atoms with Crippen molar-refractivity contribution in [2.75, 3.05) is 13.7 Å². The van der Waals surface area contributed by atoms with Gasteiger partial charge >= 0.3 is 0 Å². The van der Waals surface area contributed by atoms with Gasteiger partial charge in [-0.1, -0.05) is 28.1 Å². The van der Waals surface area contributed by atoms with Crippen LogP contribution in [0.3, 0.4) is 0 Å². The van der Waals surface area contributed by atoms with E-state index in [9.17, 15) is 14.4 Å². The van der Waals surface area contributed by atoms with E-state index in [0.29, 0.717) is 23.6 Å². The molecule has 2 aromatic rings. The van der Waals surface area contributed by atoms with Gasteiger partial charge in [0.15, 0.2) is 0 Å². The number of hydrogen-bond acceptors (Lipinski definition) is 4. The van der Waals surface area contributed by atoms with Crippen molar-refractivity contribution in [3.05, 3.63) is 63.6 Å². The number of carbonyl (C=O) groups is 3.